The summed E-state index contributed by atoms with van der Waals surface area (Å²) in [5.41, 5.74) is 4.21. The summed E-state index contributed by atoms with van der Waals surface area (Å²) in [6.07, 6.45) is 5.93. The van der Waals surface area contributed by atoms with Gasteiger partial charge in [0, 0.05) is 23.4 Å². The highest BCUT2D eigenvalue weighted by Crippen LogP contribution is 2.29. The first-order valence-corrected chi connectivity index (χ1v) is 9.88. The first-order chi connectivity index (χ1) is 15.4. The number of benzene rings is 2. The molecule has 32 heavy (non-hydrogen) atoms. The van der Waals surface area contributed by atoms with E-state index in [1.807, 2.05) is 48.9 Å². The third kappa shape index (κ3) is 5.31. The Hall–Kier alpha value is -4.13. The Morgan fingerprint density at radius 2 is 1.62 bits per heavy atom. The molecule has 0 N–H and O–H groups in total. The number of esters is 2. The number of carbonyl (C=O) groups is 2. The maximum atomic E-state index is 12.4. The van der Waals surface area contributed by atoms with Crippen LogP contribution in [0.25, 0.3) is 17.8 Å². The van der Waals surface area contributed by atoms with Crippen LogP contribution in [0.1, 0.15) is 22.5 Å². The second-order valence-corrected chi connectivity index (χ2v) is 6.85. The molecule has 1 aromatic heterocycles. The molecule has 0 amide bonds. The van der Waals surface area contributed by atoms with E-state index in [4.69, 9.17) is 9.47 Å². The number of aromatic nitrogens is 2. The first kappa shape index (κ1) is 22.6. The highest BCUT2D eigenvalue weighted by atomic mass is 16.6. The molecule has 7 heteroatoms. The molecule has 164 valence electrons. The summed E-state index contributed by atoms with van der Waals surface area (Å²) in [6, 6.07) is 14.7. The number of rotatable bonds is 7. The van der Waals surface area contributed by atoms with Gasteiger partial charge in [-0.05, 0) is 55.8 Å². The molecule has 2 aromatic carbocycles. The topological polar surface area (TPSA) is 79.7 Å². The fourth-order valence-electron chi connectivity index (χ4n) is 3.11. The van der Waals surface area contributed by atoms with Gasteiger partial charge < -0.3 is 14.2 Å². The van der Waals surface area contributed by atoms with Crippen molar-refractivity contribution in [2.24, 2.45) is 0 Å². The summed E-state index contributed by atoms with van der Waals surface area (Å²) in [7, 11) is 2.78. The molecule has 3 rings (SSSR count). The van der Waals surface area contributed by atoms with Crippen molar-refractivity contribution in [3.05, 3.63) is 83.2 Å². The third-order valence-corrected chi connectivity index (χ3v) is 4.75. The van der Waals surface area contributed by atoms with E-state index in [1.54, 1.807) is 30.4 Å². The summed E-state index contributed by atoms with van der Waals surface area (Å²) in [5, 5.41) is 4.57. The Morgan fingerprint density at radius 3 is 2.31 bits per heavy atom. The summed E-state index contributed by atoms with van der Waals surface area (Å²) in [6.45, 7) is 3.84. The normalized spacial score (nSPS) is 11.1. The Balaban J connectivity index is 1.75. The van der Waals surface area contributed by atoms with E-state index in [0.717, 1.165) is 22.6 Å². The van der Waals surface area contributed by atoms with E-state index in [2.05, 4.69) is 9.84 Å². The Bertz CT molecular complexity index is 1180. The molecule has 0 fully saturated rings. The van der Waals surface area contributed by atoms with E-state index >= 15 is 0 Å². The molecule has 0 aliphatic carbocycles. The van der Waals surface area contributed by atoms with Crippen molar-refractivity contribution in [3.63, 3.8) is 0 Å². The Labute approximate surface area is 186 Å². The number of para-hydroxylation sites is 1. The molecular formula is C25H24N2O5. The number of aryl methyl sites for hydroxylation is 1. The predicted octanol–water partition coefficient (Wildman–Crippen LogP) is 4.30. The van der Waals surface area contributed by atoms with Gasteiger partial charge in [-0.2, -0.15) is 5.10 Å². The molecular weight excluding hydrogens is 408 g/mol. The van der Waals surface area contributed by atoms with Crippen LogP contribution in [0.3, 0.4) is 0 Å². The van der Waals surface area contributed by atoms with Gasteiger partial charge in [0.15, 0.2) is 11.5 Å². The van der Waals surface area contributed by atoms with Crippen molar-refractivity contribution < 1.29 is 23.8 Å². The third-order valence-electron chi connectivity index (χ3n) is 4.75. The van der Waals surface area contributed by atoms with Crippen molar-refractivity contribution in [1.82, 2.24) is 9.78 Å². The summed E-state index contributed by atoms with van der Waals surface area (Å²) >= 11 is 0. The predicted molar refractivity (Wildman–Crippen MR) is 122 cm³/mol. The van der Waals surface area contributed by atoms with Gasteiger partial charge in [0.1, 0.15) is 0 Å². The lowest BCUT2D eigenvalue weighted by molar-refractivity contribution is -0.134. The molecule has 0 atom stereocenters. The average Bonchev–Trinajstić information content (AvgIpc) is 3.10. The van der Waals surface area contributed by atoms with Crippen molar-refractivity contribution in [1.29, 1.82) is 0 Å². The number of hydrogen-bond donors (Lipinski definition) is 0. The van der Waals surface area contributed by atoms with Gasteiger partial charge in [-0.15, -0.1) is 0 Å². The van der Waals surface area contributed by atoms with E-state index < -0.39 is 11.9 Å². The molecule has 0 aliphatic heterocycles. The van der Waals surface area contributed by atoms with Crippen molar-refractivity contribution in [2.75, 3.05) is 14.2 Å². The van der Waals surface area contributed by atoms with Gasteiger partial charge in [0.25, 0.3) is 0 Å². The van der Waals surface area contributed by atoms with Crippen LogP contribution in [-0.4, -0.2) is 35.9 Å². The number of nitrogens with zero attached hydrogens (tertiary/aromatic N) is 2. The maximum Gasteiger partial charge on any atom is 0.336 e. The van der Waals surface area contributed by atoms with Gasteiger partial charge in [-0.1, -0.05) is 24.3 Å². The summed E-state index contributed by atoms with van der Waals surface area (Å²) < 4.78 is 17.2. The second kappa shape index (κ2) is 10.3. The molecule has 0 unspecified atom stereocenters. The minimum Gasteiger partial charge on any atom is -0.493 e. The van der Waals surface area contributed by atoms with Crippen LogP contribution in [0.4, 0.5) is 0 Å². The molecule has 0 bridgehead atoms. The SMILES string of the molecule is COC(=O)/C=C/c1ccc(OC(=O)/C=C/c2c(C)nn(-c3ccccc3)c2C)c(OC)c1. The van der Waals surface area contributed by atoms with Crippen LogP contribution in [-0.2, 0) is 14.3 Å². The second-order valence-electron chi connectivity index (χ2n) is 6.85. The largest absolute Gasteiger partial charge is 0.493 e. The number of ether oxygens (including phenoxy) is 3. The molecule has 3 aromatic rings. The lowest BCUT2D eigenvalue weighted by Crippen LogP contribution is -2.05. The van der Waals surface area contributed by atoms with Crippen LogP contribution < -0.4 is 9.47 Å². The zero-order valence-electron chi connectivity index (χ0n) is 18.4. The highest BCUT2D eigenvalue weighted by Gasteiger charge is 2.12. The quantitative estimate of drug-likeness (QED) is 0.315. The lowest BCUT2D eigenvalue weighted by Gasteiger charge is -2.08. The van der Waals surface area contributed by atoms with Gasteiger partial charge in [-0.3, -0.25) is 0 Å². The number of hydrogen-bond acceptors (Lipinski definition) is 6. The maximum absolute atomic E-state index is 12.4. The summed E-state index contributed by atoms with van der Waals surface area (Å²) in [5.74, 6) is -0.382. The Kier molecular flexibility index (Phi) is 7.23. The van der Waals surface area contributed by atoms with Crippen molar-refractivity contribution in [3.8, 4) is 17.2 Å². The zero-order valence-corrected chi connectivity index (χ0v) is 18.4. The smallest absolute Gasteiger partial charge is 0.336 e. The fraction of sp³-hybridized carbons (Fsp3) is 0.160. The minimum absolute atomic E-state index is 0.269. The molecule has 0 saturated heterocycles. The van der Waals surface area contributed by atoms with Crippen molar-refractivity contribution >= 4 is 24.1 Å². The monoisotopic (exact) mass is 432 g/mol. The lowest BCUT2D eigenvalue weighted by atomic mass is 10.2. The standard InChI is InChI=1S/C25H24N2O5/c1-17-21(18(2)27(26-17)20-8-6-5-7-9-20)12-15-25(29)32-22-13-10-19(16-23(22)30-3)11-14-24(28)31-4/h5-16H,1-4H3/b14-11+,15-12+. The Morgan fingerprint density at radius 1 is 0.906 bits per heavy atom. The average molecular weight is 432 g/mol. The fourth-order valence-corrected chi connectivity index (χ4v) is 3.11. The van der Waals surface area contributed by atoms with Crippen LogP contribution in [0, 0.1) is 13.8 Å². The van der Waals surface area contributed by atoms with Gasteiger partial charge in [-0.25, -0.2) is 14.3 Å². The van der Waals surface area contributed by atoms with E-state index in [1.165, 1.54) is 26.4 Å². The van der Waals surface area contributed by atoms with Gasteiger partial charge in [0.2, 0.25) is 0 Å². The summed E-state index contributed by atoms with van der Waals surface area (Å²) in [4.78, 5) is 23.7. The molecule has 0 spiro atoms. The van der Waals surface area contributed by atoms with Crippen LogP contribution >= 0.6 is 0 Å². The molecule has 0 aliphatic rings. The van der Waals surface area contributed by atoms with E-state index in [-0.39, 0.29) is 5.75 Å². The van der Waals surface area contributed by atoms with Crippen LogP contribution in [0.2, 0.25) is 0 Å². The highest BCUT2D eigenvalue weighted by molar-refractivity contribution is 5.90. The molecule has 0 radical (unpaired) electrons. The van der Waals surface area contributed by atoms with Crippen LogP contribution in [0.5, 0.6) is 11.5 Å². The number of methoxy groups -OCH3 is 2. The van der Waals surface area contributed by atoms with E-state index in [9.17, 15) is 9.59 Å². The van der Waals surface area contributed by atoms with Crippen LogP contribution in [0.15, 0.2) is 60.7 Å². The number of carbonyl (C=O) groups excluding carboxylic acids is 2. The molecule has 7 nitrogen and oxygen atoms in total. The van der Waals surface area contributed by atoms with E-state index in [0.29, 0.717) is 11.3 Å². The van der Waals surface area contributed by atoms with Gasteiger partial charge in [0.05, 0.1) is 25.6 Å². The molecule has 0 saturated carbocycles. The van der Waals surface area contributed by atoms with Gasteiger partial charge >= 0.3 is 11.9 Å². The van der Waals surface area contributed by atoms with Crippen molar-refractivity contribution in [2.45, 2.75) is 13.8 Å². The zero-order chi connectivity index (χ0) is 23.1. The minimum atomic E-state index is -0.549. The molecule has 1 heterocycles. The first-order valence-electron chi connectivity index (χ1n) is 9.88.